The van der Waals surface area contributed by atoms with E-state index in [1.54, 1.807) is 6.07 Å². The minimum atomic E-state index is -0.137. The maximum Gasteiger partial charge on any atom is 0.254 e. The van der Waals surface area contributed by atoms with Crippen molar-refractivity contribution in [2.45, 2.75) is 25.2 Å². The number of benzene rings is 3. The Kier molecular flexibility index (Phi) is 5.73. The van der Waals surface area contributed by atoms with Gasteiger partial charge in [0.05, 0.1) is 0 Å². The molecule has 2 saturated heterocycles. The largest absolute Gasteiger partial charge is 0.338 e. The maximum absolute atomic E-state index is 13.5. The second kappa shape index (κ2) is 8.80. The van der Waals surface area contributed by atoms with E-state index in [2.05, 4.69) is 23.1 Å². The second-order valence-corrected chi connectivity index (χ2v) is 9.06. The molecule has 0 aromatic heterocycles. The number of hydrogen-bond acceptors (Lipinski definition) is 2. The van der Waals surface area contributed by atoms with Crippen molar-refractivity contribution >= 4 is 16.7 Å². The molecule has 31 heavy (non-hydrogen) atoms. The number of fused-ring (bicyclic) bond motifs is 1. The summed E-state index contributed by atoms with van der Waals surface area (Å²) >= 11 is 0. The number of carbonyl (C=O) groups is 1. The highest BCUT2D eigenvalue weighted by Crippen LogP contribution is 2.30. The molecule has 3 aromatic rings. The summed E-state index contributed by atoms with van der Waals surface area (Å²) in [5.74, 6) is 1.01. The molecular weight excluding hydrogens is 387 g/mol. The number of rotatable bonds is 4. The summed E-state index contributed by atoms with van der Waals surface area (Å²) in [5.41, 5.74) is 1.95. The van der Waals surface area contributed by atoms with Crippen LogP contribution in [0.5, 0.6) is 0 Å². The lowest BCUT2D eigenvalue weighted by molar-refractivity contribution is 0.0784. The Morgan fingerprint density at radius 2 is 1.68 bits per heavy atom. The van der Waals surface area contributed by atoms with E-state index in [1.807, 2.05) is 41.3 Å². The van der Waals surface area contributed by atoms with E-state index in [0.717, 1.165) is 73.9 Å². The van der Waals surface area contributed by atoms with Gasteiger partial charge in [0.15, 0.2) is 0 Å². The highest BCUT2D eigenvalue weighted by atomic mass is 19.1. The number of nitrogens with zero attached hydrogens (tertiary/aromatic N) is 2. The smallest absolute Gasteiger partial charge is 0.254 e. The SMILES string of the molecule is O=C(c1cccc2ccccc12)N1CC[C@H](CN2CCC(c3cccc(F)c3)CC2)C1. The van der Waals surface area contributed by atoms with E-state index in [4.69, 9.17) is 0 Å². The summed E-state index contributed by atoms with van der Waals surface area (Å²) in [5, 5.41) is 2.16. The molecule has 2 aliphatic heterocycles. The van der Waals surface area contributed by atoms with Crippen LogP contribution in [0.25, 0.3) is 10.8 Å². The fourth-order valence-electron chi connectivity index (χ4n) is 5.32. The standard InChI is InChI=1S/C27H29FN2O/c28-24-8-3-7-23(17-24)21-12-14-29(15-13-21)18-20-11-16-30(19-20)27(31)26-10-4-6-22-5-1-2-9-25(22)26/h1-10,17,20-21H,11-16,18-19H2/t20-/m1/s1. The molecule has 0 radical (unpaired) electrons. The lowest BCUT2D eigenvalue weighted by Gasteiger charge is -2.33. The molecule has 2 aliphatic rings. The van der Waals surface area contributed by atoms with Crippen molar-refractivity contribution in [3.8, 4) is 0 Å². The lowest BCUT2D eigenvalue weighted by atomic mass is 9.89. The molecule has 3 nitrogen and oxygen atoms in total. The van der Waals surface area contributed by atoms with Crippen molar-refractivity contribution in [3.63, 3.8) is 0 Å². The van der Waals surface area contributed by atoms with Crippen LogP contribution in [0.2, 0.25) is 0 Å². The van der Waals surface area contributed by atoms with E-state index in [9.17, 15) is 9.18 Å². The number of carbonyl (C=O) groups excluding carboxylic acids is 1. The predicted octanol–water partition coefficient (Wildman–Crippen LogP) is 5.32. The molecule has 5 rings (SSSR count). The minimum absolute atomic E-state index is 0.137. The zero-order valence-electron chi connectivity index (χ0n) is 17.8. The Labute approximate surface area is 183 Å². The van der Waals surface area contributed by atoms with Gasteiger partial charge in [0.25, 0.3) is 5.91 Å². The van der Waals surface area contributed by atoms with Crippen molar-refractivity contribution < 1.29 is 9.18 Å². The molecule has 4 heteroatoms. The number of hydrogen-bond donors (Lipinski definition) is 0. The van der Waals surface area contributed by atoms with Crippen molar-refractivity contribution in [3.05, 3.63) is 83.7 Å². The van der Waals surface area contributed by atoms with Crippen LogP contribution in [-0.2, 0) is 0 Å². The quantitative estimate of drug-likeness (QED) is 0.575. The maximum atomic E-state index is 13.5. The molecule has 0 aliphatic carbocycles. The molecule has 0 spiro atoms. The van der Waals surface area contributed by atoms with Gasteiger partial charge in [-0.2, -0.15) is 0 Å². The average Bonchev–Trinajstić information content (AvgIpc) is 3.27. The molecule has 0 saturated carbocycles. The number of piperidine rings is 1. The van der Waals surface area contributed by atoms with Gasteiger partial charge in [0, 0.05) is 25.2 Å². The van der Waals surface area contributed by atoms with Gasteiger partial charge in [-0.15, -0.1) is 0 Å². The minimum Gasteiger partial charge on any atom is -0.338 e. The van der Waals surface area contributed by atoms with Crippen molar-refractivity contribution in [1.29, 1.82) is 0 Å². The van der Waals surface area contributed by atoms with E-state index in [-0.39, 0.29) is 11.7 Å². The van der Waals surface area contributed by atoms with Gasteiger partial charge in [0.2, 0.25) is 0 Å². The summed E-state index contributed by atoms with van der Waals surface area (Å²) in [6.07, 6.45) is 3.23. The fourth-order valence-corrected chi connectivity index (χ4v) is 5.32. The topological polar surface area (TPSA) is 23.6 Å². The molecule has 0 unspecified atom stereocenters. The molecule has 2 fully saturated rings. The summed E-state index contributed by atoms with van der Waals surface area (Å²) in [6.45, 7) is 4.83. The van der Waals surface area contributed by atoms with Gasteiger partial charge in [-0.1, -0.05) is 48.5 Å². The van der Waals surface area contributed by atoms with Gasteiger partial charge in [-0.3, -0.25) is 4.79 Å². The van der Waals surface area contributed by atoms with Crippen molar-refractivity contribution in [1.82, 2.24) is 9.80 Å². The molecule has 1 atom stereocenters. The van der Waals surface area contributed by atoms with Crippen LogP contribution < -0.4 is 0 Å². The van der Waals surface area contributed by atoms with Gasteiger partial charge >= 0.3 is 0 Å². The number of amides is 1. The summed E-state index contributed by atoms with van der Waals surface area (Å²) < 4.78 is 13.5. The first kappa shape index (κ1) is 20.2. The summed E-state index contributed by atoms with van der Waals surface area (Å²) in [4.78, 5) is 17.8. The first-order chi connectivity index (χ1) is 15.2. The van der Waals surface area contributed by atoms with Crippen LogP contribution in [0, 0.1) is 11.7 Å². The highest BCUT2D eigenvalue weighted by molar-refractivity contribution is 6.07. The zero-order valence-corrected chi connectivity index (χ0v) is 17.8. The van der Waals surface area contributed by atoms with Crippen LogP contribution in [0.1, 0.15) is 41.1 Å². The Hall–Kier alpha value is -2.72. The Morgan fingerprint density at radius 3 is 2.52 bits per heavy atom. The Balaban J connectivity index is 1.17. The van der Waals surface area contributed by atoms with Crippen LogP contribution in [-0.4, -0.2) is 48.4 Å². The van der Waals surface area contributed by atoms with Gasteiger partial charge in [-0.05, 0) is 78.7 Å². The van der Waals surface area contributed by atoms with E-state index in [1.165, 1.54) is 6.07 Å². The fraction of sp³-hybridized carbons (Fsp3) is 0.370. The lowest BCUT2D eigenvalue weighted by Crippen LogP contribution is -2.37. The van der Waals surface area contributed by atoms with E-state index >= 15 is 0 Å². The van der Waals surface area contributed by atoms with Gasteiger partial charge < -0.3 is 9.80 Å². The molecule has 0 N–H and O–H groups in total. The van der Waals surface area contributed by atoms with Crippen LogP contribution in [0.4, 0.5) is 4.39 Å². The third-order valence-electron chi connectivity index (χ3n) is 7.02. The molecule has 160 valence electrons. The third-order valence-corrected chi connectivity index (χ3v) is 7.02. The molecular formula is C27H29FN2O. The summed E-state index contributed by atoms with van der Waals surface area (Å²) in [6, 6.07) is 21.2. The van der Waals surface area contributed by atoms with Gasteiger partial charge in [0.1, 0.15) is 5.82 Å². The van der Waals surface area contributed by atoms with Crippen LogP contribution in [0.15, 0.2) is 66.7 Å². The zero-order chi connectivity index (χ0) is 21.2. The molecule has 0 bridgehead atoms. The number of halogens is 1. The Bertz CT molecular complexity index is 1070. The van der Waals surface area contributed by atoms with Crippen LogP contribution >= 0.6 is 0 Å². The molecule has 1 amide bonds. The average molecular weight is 417 g/mol. The predicted molar refractivity (Wildman–Crippen MR) is 123 cm³/mol. The van der Waals surface area contributed by atoms with Crippen molar-refractivity contribution in [2.24, 2.45) is 5.92 Å². The summed E-state index contributed by atoms with van der Waals surface area (Å²) in [7, 11) is 0. The highest BCUT2D eigenvalue weighted by Gasteiger charge is 2.30. The van der Waals surface area contributed by atoms with Crippen LogP contribution in [0.3, 0.4) is 0 Å². The third kappa shape index (κ3) is 4.35. The Morgan fingerprint density at radius 1 is 0.903 bits per heavy atom. The second-order valence-electron chi connectivity index (χ2n) is 9.06. The van der Waals surface area contributed by atoms with Gasteiger partial charge in [-0.25, -0.2) is 4.39 Å². The monoisotopic (exact) mass is 416 g/mol. The normalized spacial score (nSPS) is 20.4. The van der Waals surface area contributed by atoms with E-state index in [0.29, 0.717) is 11.8 Å². The first-order valence-corrected chi connectivity index (χ1v) is 11.4. The first-order valence-electron chi connectivity index (χ1n) is 11.4. The molecule has 3 aromatic carbocycles. The van der Waals surface area contributed by atoms with E-state index < -0.39 is 0 Å². The number of likely N-dealkylation sites (tertiary alicyclic amines) is 2. The van der Waals surface area contributed by atoms with Crippen molar-refractivity contribution in [2.75, 3.05) is 32.7 Å². The molecule has 2 heterocycles.